The maximum Gasteiger partial charge on any atom is 0.126 e. The summed E-state index contributed by atoms with van der Waals surface area (Å²) >= 11 is 0. The van der Waals surface area contributed by atoms with Gasteiger partial charge in [0.15, 0.2) is 0 Å². The van der Waals surface area contributed by atoms with E-state index in [4.69, 9.17) is 4.74 Å². The molecule has 0 aliphatic rings. The fourth-order valence-corrected chi connectivity index (χ4v) is 1.65. The maximum absolute atomic E-state index is 13.4. The largest absolute Gasteiger partial charge is 0.496 e. The summed E-state index contributed by atoms with van der Waals surface area (Å²) in [6.07, 6.45) is 0.728. The number of methoxy groups -OCH3 is 1. The minimum atomic E-state index is -1.08. The molecule has 0 heterocycles. The second-order valence-electron chi connectivity index (χ2n) is 3.35. The first-order chi connectivity index (χ1) is 7.20. The summed E-state index contributed by atoms with van der Waals surface area (Å²) in [5.41, 5.74) is 1.40. The molecule has 0 radical (unpaired) electrons. The van der Waals surface area contributed by atoms with Gasteiger partial charge < -0.3 is 9.53 Å². The van der Waals surface area contributed by atoms with Crippen molar-refractivity contribution < 1.29 is 13.9 Å². The molecule has 82 valence electrons. The third kappa shape index (κ3) is 2.78. The Labute approximate surface area is 89.1 Å². The van der Waals surface area contributed by atoms with Crippen LogP contribution < -0.4 is 4.74 Å². The zero-order valence-corrected chi connectivity index (χ0v) is 9.00. The van der Waals surface area contributed by atoms with E-state index in [0.29, 0.717) is 24.2 Å². The van der Waals surface area contributed by atoms with Gasteiger partial charge in [-0.3, -0.25) is 0 Å². The Kier molecular flexibility index (Phi) is 4.28. The number of ether oxygens (including phenoxy) is 1. The van der Waals surface area contributed by atoms with Crippen LogP contribution in [0, 0.1) is 0 Å². The van der Waals surface area contributed by atoms with Gasteiger partial charge in [0.2, 0.25) is 0 Å². The highest BCUT2D eigenvalue weighted by Gasteiger charge is 2.14. The molecule has 15 heavy (non-hydrogen) atoms. The van der Waals surface area contributed by atoms with Crippen molar-refractivity contribution in [1.29, 1.82) is 0 Å². The van der Waals surface area contributed by atoms with Gasteiger partial charge in [-0.05, 0) is 25.0 Å². The van der Waals surface area contributed by atoms with Gasteiger partial charge in [-0.2, -0.15) is 0 Å². The molecule has 0 amide bonds. The molecular formula is C12H15FO2. The molecule has 1 rings (SSSR count). The number of carbonyl (C=O) groups excluding carboxylic acids is 1. The highest BCUT2D eigenvalue weighted by Crippen LogP contribution is 2.31. The lowest BCUT2D eigenvalue weighted by atomic mass is 9.99. The van der Waals surface area contributed by atoms with Crippen molar-refractivity contribution in [2.75, 3.05) is 7.11 Å². The molecule has 1 aromatic rings. The predicted molar refractivity (Wildman–Crippen MR) is 56.9 cm³/mol. The van der Waals surface area contributed by atoms with Crippen molar-refractivity contribution >= 4 is 6.29 Å². The standard InChI is InChI=1S/C12H15FO2/c1-9(13)12-10(6-4-8-14)5-3-7-11(12)15-2/h3,5,7-9H,4,6H2,1-2H3. The van der Waals surface area contributed by atoms with Gasteiger partial charge in [0.1, 0.15) is 18.2 Å². The number of hydrogen-bond acceptors (Lipinski definition) is 2. The maximum atomic E-state index is 13.4. The Hall–Kier alpha value is -1.38. The Morgan fingerprint density at radius 3 is 2.80 bits per heavy atom. The van der Waals surface area contributed by atoms with E-state index in [-0.39, 0.29) is 0 Å². The van der Waals surface area contributed by atoms with Crippen molar-refractivity contribution in [3.63, 3.8) is 0 Å². The monoisotopic (exact) mass is 210 g/mol. The predicted octanol–water partition coefficient (Wildman–Crippen LogP) is 2.86. The number of halogens is 1. The van der Waals surface area contributed by atoms with Crippen LogP contribution in [0.4, 0.5) is 4.39 Å². The topological polar surface area (TPSA) is 26.3 Å². The second kappa shape index (κ2) is 5.49. The molecule has 1 atom stereocenters. The lowest BCUT2D eigenvalue weighted by Gasteiger charge is -2.14. The van der Waals surface area contributed by atoms with Crippen LogP contribution in [0.25, 0.3) is 0 Å². The summed E-state index contributed by atoms with van der Waals surface area (Å²) in [7, 11) is 1.52. The van der Waals surface area contributed by atoms with Crippen LogP contribution in [0.3, 0.4) is 0 Å². The summed E-state index contributed by atoms with van der Waals surface area (Å²) in [4.78, 5) is 10.3. The SMILES string of the molecule is COc1cccc(CCC=O)c1C(C)F. The molecule has 1 aromatic carbocycles. The number of aryl methyl sites for hydroxylation is 1. The molecule has 0 aromatic heterocycles. The van der Waals surface area contributed by atoms with E-state index in [0.717, 1.165) is 11.8 Å². The molecule has 0 saturated heterocycles. The van der Waals surface area contributed by atoms with Crippen LogP contribution >= 0.6 is 0 Å². The molecule has 1 unspecified atom stereocenters. The van der Waals surface area contributed by atoms with E-state index in [1.54, 1.807) is 6.07 Å². The summed E-state index contributed by atoms with van der Waals surface area (Å²) < 4.78 is 18.5. The lowest BCUT2D eigenvalue weighted by Crippen LogP contribution is -2.00. The molecule has 0 N–H and O–H groups in total. The third-order valence-corrected chi connectivity index (χ3v) is 2.31. The first kappa shape index (κ1) is 11.7. The van der Waals surface area contributed by atoms with Crippen LogP contribution in [0.1, 0.15) is 30.6 Å². The van der Waals surface area contributed by atoms with E-state index in [9.17, 15) is 9.18 Å². The second-order valence-corrected chi connectivity index (χ2v) is 3.35. The third-order valence-electron chi connectivity index (χ3n) is 2.31. The van der Waals surface area contributed by atoms with E-state index in [1.165, 1.54) is 14.0 Å². The number of benzene rings is 1. The van der Waals surface area contributed by atoms with Crippen molar-refractivity contribution in [3.8, 4) is 5.75 Å². The van der Waals surface area contributed by atoms with Gasteiger partial charge in [0, 0.05) is 12.0 Å². The number of carbonyl (C=O) groups is 1. The van der Waals surface area contributed by atoms with Crippen molar-refractivity contribution in [1.82, 2.24) is 0 Å². The first-order valence-corrected chi connectivity index (χ1v) is 4.94. The first-order valence-electron chi connectivity index (χ1n) is 4.94. The van der Waals surface area contributed by atoms with Gasteiger partial charge in [-0.15, -0.1) is 0 Å². The molecule has 0 aliphatic carbocycles. The molecular weight excluding hydrogens is 195 g/mol. The van der Waals surface area contributed by atoms with E-state index < -0.39 is 6.17 Å². The highest BCUT2D eigenvalue weighted by atomic mass is 19.1. The van der Waals surface area contributed by atoms with Crippen LogP contribution in [0.5, 0.6) is 5.75 Å². The highest BCUT2D eigenvalue weighted by molar-refractivity contribution is 5.51. The molecule has 0 spiro atoms. The Morgan fingerprint density at radius 1 is 1.53 bits per heavy atom. The van der Waals surface area contributed by atoms with Crippen LogP contribution in [-0.2, 0) is 11.2 Å². The fraction of sp³-hybridized carbons (Fsp3) is 0.417. The quantitative estimate of drug-likeness (QED) is 0.698. The number of alkyl halides is 1. The van der Waals surface area contributed by atoms with Crippen molar-refractivity contribution in [2.24, 2.45) is 0 Å². The van der Waals surface area contributed by atoms with E-state index >= 15 is 0 Å². The van der Waals surface area contributed by atoms with Crippen LogP contribution in [0.2, 0.25) is 0 Å². The van der Waals surface area contributed by atoms with Gasteiger partial charge in [0.05, 0.1) is 7.11 Å². The summed E-state index contributed by atoms with van der Waals surface area (Å²) in [5, 5.41) is 0. The van der Waals surface area contributed by atoms with Crippen LogP contribution in [0.15, 0.2) is 18.2 Å². The number of aldehydes is 1. The Morgan fingerprint density at radius 2 is 2.27 bits per heavy atom. The minimum Gasteiger partial charge on any atom is -0.496 e. The van der Waals surface area contributed by atoms with E-state index in [2.05, 4.69) is 0 Å². The lowest BCUT2D eigenvalue weighted by molar-refractivity contribution is -0.107. The van der Waals surface area contributed by atoms with E-state index in [1.807, 2.05) is 12.1 Å². The molecule has 3 heteroatoms. The summed E-state index contributed by atoms with van der Waals surface area (Å²) in [6.45, 7) is 1.47. The average Bonchev–Trinajstić information content (AvgIpc) is 2.25. The van der Waals surface area contributed by atoms with Crippen LogP contribution in [-0.4, -0.2) is 13.4 Å². The summed E-state index contributed by atoms with van der Waals surface area (Å²) in [5.74, 6) is 0.549. The number of rotatable bonds is 5. The van der Waals surface area contributed by atoms with Gasteiger partial charge in [0.25, 0.3) is 0 Å². The zero-order chi connectivity index (χ0) is 11.3. The van der Waals surface area contributed by atoms with Gasteiger partial charge >= 0.3 is 0 Å². The fourth-order valence-electron chi connectivity index (χ4n) is 1.65. The average molecular weight is 210 g/mol. The zero-order valence-electron chi connectivity index (χ0n) is 9.00. The summed E-state index contributed by atoms with van der Waals surface area (Å²) in [6, 6.07) is 5.37. The molecule has 0 aliphatic heterocycles. The Balaban J connectivity index is 3.07. The smallest absolute Gasteiger partial charge is 0.126 e. The molecule has 0 saturated carbocycles. The molecule has 0 fully saturated rings. The minimum absolute atomic E-state index is 0.410. The number of hydrogen-bond donors (Lipinski definition) is 0. The van der Waals surface area contributed by atoms with Gasteiger partial charge in [-0.25, -0.2) is 4.39 Å². The molecule has 2 nitrogen and oxygen atoms in total. The normalized spacial score (nSPS) is 12.2. The molecule has 0 bridgehead atoms. The van der Waals surface area contributed by atoms with Crippen molar-refractivity contribution in [3.05, 3.63) is 29.3 Å². The van der Waals surface area contributed by atoms with Crippen molar-refractivity contribution in [2.45, 2.75) is 25.9 Å². The van der Waals surface area contributed by atoms with Gasteiger partial charge in [-0.1, -0.05) is 12.1 Å². The Bertz CT molecular complexity index is 334.